The summed E-state index contributed by atoms with van der Waals surface area (Å²) >= 11 is 0.905. The molecule has 2 heterocycles. The summed E-state index contributed by atoms with van der Waals surface area (Å²) in [6, 6.07) is -0.757. The highest BCUT2D eigenvalue weighted by atomic mass is 32.2. The highest BCUT2D eigenvalue weighted by Gasteiger charge is 2.34. The molecular weight excluding hydrogens is 502 g/mol. The van der Waals surface area contributed by atoms with E-state index in [2.05, 4.69) is 19.4 Å². The van der Waals surface area contributed by atoms with Crippen LogP contribution < -0.4 is 10.0 Å². The Hall–Kier alpha value is -2.57. The smallest absolute Gasteiger partial charge is 0.442 e. The summed E-state index contributed by atoms with van der Waals surface area (Å²) in [5, 5.41) is 13.5. The average molecular weight is 536 g/mol. The molecule has 12 heteroatoms. The first kappa shape index (κ1) is 26.5. The molecule has 4 rings (SSSR count). The summed E-state index contributed by atoms with van der Waals surface area (Å²) in [5.74, 6) is 0.338. The van der Waals surface area contributed by atoms with Gasteiger partial charge in [-0.2, -0.15) is 0 Å². The van der Waals surface area contributed by atoms with Gasteiger partial charge in [0.05, 0.1) is 11.9 Å². The van der Waals surface area contributed by atoms with E-state index in [4.69, 9.17) is 9.72 Å². The number of aromatic nitrogens is 2. The van der Waals surface area contributed by atoms with Crippen molar-refractivity contribution < 1.29 is 23.6 Å². The number of anilines is 1. The van der Waals surface area contributed by atoms with Crippen LogP contribution in [-0.2, 0) is 33.1 Å². The first-order chi connectivity index (χ1) is 16.7. The summed E-state index contributed by atoms with van der Waals surface area (Å²) in [4.78, 5) is 34.7. The minimum absolute atomic E-state index is 0.0270. The Labute approximate surface area is 215 Å². The minimum atomic E-state index is -3.82. The number of aryl methyl sites for hydroxylation is 2. The zero-order valence-corrected chi connectivity index (χ0v) is 23.1. The molecule has 2 aromatic heterocycles. The number of hydrogen-bond donors (Lipinski definition) is 3. The number of urea groups is 1. The topological polar surface area (TPSA) is 143 Å². The van der Waals surface area contributed by atoms with Gasteiger partial charge in [-0.15, -0.1) is 15.7 Å². The van der Waals surface area contributed by atoms with Gasteiger partial charge in [-0.05, 0) is 85.1 Å². The molecule has 1 atom stereocenters. The van der Waals surface area contributed by atoms with Gasteiger partial charge in [0.1, 0.15) is 20.4 Å². The van der Waals surface area contributed by atoms with Crippen molar-refractivity contribution in [2.24, 2.45) is 4.36 Å². The van der Waals surface area contributed by atoms with Gasteiger partial charge < -0.3 is 15.2 Å². The molecule has 2 aliphatic rings. The van der Waals surface area contributed by atoms with E-state index < -0.39 is 33.2 Å². The number of nitrogens with zero attached hydrogens (tertiary/aromatic N) is 3. The van der Waals surface area contributed by atoms with Gasteiger partial charge in [-0.3, -0.25) is 4.98 Å². The Morgan fingerprint density at radius 2 is 1.92 bits per heavy atom. The SMILES string of the molecule is Cc1nc2c(c(NC(=O)N[S@](=O)(=NC(=O)OC(C)(C)C)c3cnc(C(C)(C)O)s3)c1C1CC1)CCC2. The van der Waals surface area contributed by atoms with Crippen LogP contribution in [0.3, 0.4) is 0 Å². The fourth-order valence-electron chi connectivity index (χ4n) is 4.18. The molecule has 36 heavy (non-hydrogen) atoms. The van der Waals surface area contributed by atoms with E-state index in [0.29, 0.717) is 5.92 Å². The number of nitrogens with one attached hydrogen (secondary N) is 2. The maximum Gasteiger partial charge on any atom is 0.444 e. The van der Waals surface area contributed by atoms with Gasteiger partial charge in [0, 0.05) is 17.0 Å². The Morgan fingerprint density at radius 3 is 2.50 bits per heavy atom. The molecule has 0 bridgehead atoms. The monoisotopic (exact) mass is 535 g/mol. The van der Waals surface area contributed by atoms with Crippen LogP contribution in [0.4, 0.5) is 15.3 Å². The zero-order valence-electron chi connectivity index (χ0n) is 21.4. The van der Waals surface area contributed by atoms with Gasteiger partial charge in [0.15, 0.2) is 9.92 Å². The molecule has 3 amide bonds. The number of rotatable bonds is 5. The lowest BCUT2D eigenvalue weighted by Gasteiger charge is -2.19. The van der Waals surface area contributed by atoms with Crippen LogP contribution >= 0.6 is 11.3 Å². The third kappa shape index (κ3) is 5.87. The minimum Gasteiger partial charge on any atom is -0.442 e. The van der Waals surface area contributed by atoms with Crippen molar-refractivity contribution >= 4 is 39.1 Å². The Balaban J connectivity index is 1.70. The molecule has 10 nitrogen and oxygen atoms in total. The van der Waals surface area contributed by atoms with E-state index in [0.717, 1.165) is 71.6 Å². The zero-order chi connectivity index (χ0) is 26.5. The molecule has 2 aliphatic carbocycles. The van der Waals surface area contributed by atoms with Crippen molar-refractivity contribution in [2.45, 2.75) is 95.0 Å². The van der Waals surface area contributed by atoms with Crippen LogP contribution in [0.25, 0.3) is 0 Å². The maximum atomic E-state index is 14.0. The van der Waals surface area contributed by atoms with Gasteiger partial charge in [0.25, 0.3) is 0 Å². The van der Waals surface area contributed by atoms with Crippen LogP contribution in [0.5, 0.6) is 0 Å². The number of carbonyl (C=O) groups excluding carboxylic acids is 2. The largest absolute Gasteiger partial charge is 0.444 e. The molecular formula is C24H33N5O5S2. The van der Waals surface area contributed by atoms with Crippen molar-refractivity contribution in [3.63, 3.8) is 0 Å². The normalized spacial score (nSPS) is 17.2. The summed E-state index contributed by atoms with van der Waals surface area (Å²) in [6.45, 7) is 10.0. The molecule has 0 aliphatic heterocycles. The lowest BCUT2D eigenvalue weighted by molar-refractivity contribution is 0.0607. The fraction of sp³-hybridized carbons (Fsp3) is 0.583. The maximum absolute atomic E-state index is 14.0. The predicted octanol–water partition coefficient (Wildman–Crippen LogP) is 4.94. The Morgan fingerprint density at radius 1 is 1.22 bits per heavy atom. The molecule has 196 valence electrons. The molecule has 0 saturated heterocycles. The second-order valence-corrected chi connectivity index (χ2v) is 13.9. The molecule has 0 radical (unpaired) electrons. The Bertz CT molecular complexity index is 1330. The van der Waals surface area contributed by atoms with E-state index in [1.165, 1.54) is 20.0 Å². The predicted molar refractivity (Wildman–Crippen MR) is 138 cm³/mol. The lowest BCUT2D eigenvalue weighted by atomic mass is 10.0. The number of aliphatic hydroxyl groups is 1. The standard InChI is InChI=1S/C24H33N5O5S2/c1-13-18(14-10-11-14)19(15-8-7-9-16(15)26-13)27-21(30)28-36(33,29-22(31)34-23(2,3)4)17-12-25-20(35-17)24(5,6)32/h12,14,32H,7-11H2,1-6H3,(H2,26,27,28,29,30,31,33)/t36-/m0/s1. The third-order valence-electron chi connectivity index (χ3n) is 5.78. The quantitative estimate of drug-likeness (QED) is 0.492. The number of thiazole rings is 1. The van der Waals surface area contributed by atoms with Crippen LogP contribution in [-0.4, -0.2) is 37.0 Å². The number of amides is 3. The van der Waals surface area contributed by atoms with Crippen LogP contribution in [0, 0.1) is 6.92 Å². The van der Waals surface area contributed by atoms with Gasteiger partial charge >= 0.3 is 12.1 Å². The van der Waals surface area contributed by atoms with Gasteiger partial charge in [-0.1, -0.05) is 0 Å². The summed E-state index contributed by atoms with van der Waals surface area (Å²) in [6.07, 6.45) is 4.84. The summed E-state index contributed by atoms with van der Waals surface area (Å²) in [7, 11) is -3.82. The van der Waals surface area contributed by atoms with Crippen LogP contribution in [0.1, 0.15) is 87.3 Å². The van der Waals surface area contributed by atoms with Crippen molar-refractivity contribution in [3.05, 3.63) is 33.7 Å². The average Bonchev–Trinajstić information content (AvgIpc) is 3.21. The first-order valence-electron chi connectivity index (χ1n) is 12.0. The molecule has 0 unspecified atom stereocenters. The fourth-order valence-corrected chi connectivity index (χ4v) is 6.74. The van der Waals surface area contributed by atoms with Crippen molar-refractivity contribution in [3.8, 4) is 0 Å². The highest BCUT2D eigenvalue weighted by molar-refractivity contribution is 7.94. The first-order valence-corrected chi connectivity index (χ1v) is 14.3. The molecule has 2 aromatic rings. The molecule has 0 spiro atoms. The number of pyridine rings is 1. The van der Waals surface area contributed by atoms with E-state index in [1.807, 2.05) is 6.92 Å². The van der Waals surface area contributed by atoms with Crippen LogP contribution in [0.2, 0.25) is 0 Å². The molecule has 1 fully saturated rings. The van der Waals surface area contributed by atoms with Gasteiger partial charge in [0.2, 0.25) is 0 Å². The van der Waals surface area contributed by atoms with Crippen molar-refractivity contribution in [2.75, 3.05) is 5.32 Å². The number of ether oxygens (including phenoxy) is 1. The number of fused-ring (bicyclic) bond motifs is 1. The summed E-state index contributed by atoms with van der Waals surface area (Å²) in [5.41, 5.74) is 2.44. The van der Waals surface area contributed by atoms with E-state index >= 15 is 0 Å². The van der Waals surface area contributed by atoms with Gasteiger partial charge in [-0.25, -0.2) is 23.5 Å². The molecule has 3 N–H and O–H groups in total. The number of hydrogen-bond acceptors (Lipinski definition) is 8. The summed E-state index contributed by atoms with van der Waals surface area (Å²) < 4.78 is 25.4. The van der Waals surface area contributed by atoms with E-state index in [9.17, 15) is 18.9 Å². The Kier molecular flexibility index (Phi) is 6.91. The van der Waals surface area contributed by atoms with Crippen molar-refractivity contribution in [1.82, 2.24) is 14.7 Å². The second-order valence-electron chi connectivity index (χ2n) is 10.7. The highest BCUT2D eigenvalue weighted by Crippen LogP contribution is 2.47. The molecule has 1 saturated carbocycles. The molecule has 0 aromatic carbocycles. The van der Waals surface area contributed by atoms with Crippen LogP contribution in [0.15, 0.2) is 14.8 Å². The second kappa shape index (κ2) is 9.38. The lowest BCUT2D eigenvalue weighted by Crippen LogP contribution is -2.35. The number of carbonyl (C=O) groups is 2. The third-order valence-corrected chi connectivity index (χ3v) is 9.34. The van der Waals surface area contributed by atoms with Crippen molar-refractivity contribution in [1.29, 1.82) is 0 Å². The van der Waals surface area contributed by atoms with E-state index in [1.54, 1.807) is 20.8 Å². The van der Waals surface area contributed by atoms with E-state index in [-0.39, 0.29) is 9.22 Å².